The lowest BCUT2D eigenvalue weighted by Crippen LogP contribution is -2.44. The second-order valence-electron chi connectivity index (χ2n) is 10.3. The van der Waals surface area contributed by atoms with E-state index in [2.05, 4.69) is 40.1 Å². The fourth-order valence-electron chi connectivity index (χ4n) is 6.22. The normalized spacial score (nSPS) is 22.7. The molecule has 178 valence electrons. The van der Waals surface area contributed by atoms with E-state index in [-0.39, 0.29) is 0 Å². The summed E-state index contributed by atoms with van der Waals surface area (Å²) in [7, 11) is 0. The van der Waals surface area contributed by atoms with Gasteiger partial charge in [-0.3, -0.25) is 9.80 Å². The van der Waals surface area contributed by atoms with E-state index in [9.17, 15) is 5.11 Å². The third-order valence-corrected chi connectivity index (χ3v) is 8.05. The SMILES string of the molecule is Oc1ccc2c(c1)CCN(C1CCCCC1)C2Cc1ccc(OCCN2CCCCC2)cc1. The molecule has 2 heterocycles. The Kier molecular flexibility index (Phi) is 7.53. The number of hydrogen-bond donors (Lipinski definition) is 1. The average molecular weight is 449 g/mol. The maximum Gasteiger partial charge on any atom is 0.119 e. The number of hydrogen-bond acceptors (Lipinski definition) is 4. The van der Waals surface area contributed by atoms with E-state index in [0.29, 0.717) is 17.8 Å². The number of piperidine rings is 1. The highest BCUT2D eigenvalue weighted by molar-refractivity contribution is 5.40. The monoisotopic (exact) mass is 448 g/mol. The number of likely N-dealkylation sites (tertiary alicyclic amines) is 1. The number of nitrogens with zero attached hydrogens (tertiary/aromatic N) is 2. The van der Waals surface area contributed by atoms with E-state index in [0.717, 1.165) is 38.3 Å². The van der Waals surface area contributed by atoms with Gasteiger partial charge < -0.3 is 9.84 Å². The minimum Gasteiger partial charge on any atom is -0.508 e. The van der Waals surface area contributed by atoms with Crippen molar-refractivity contribution in [2.75, 3.05) is 32.8 Å². The Morgan fingerprint density at radius 1 is 0.848 bits per heavy atom. The summed E-state index contributed by atoms with van der Waals surface area (Å²) in [6.07, 6.45) is 12.9. The standard InChI is InChI=1S/C29H40N2O2/c32-26-11-14-28-24(22-26)15-18-31(25-7-3-1-4-8-25)29(28)21-23-9-12-27(13-10-23)33-20-19-30-16-5-2-6-17-30/h9-14,22,25,29,32H,1-8,15-21H2. The van der Waals surface area contributed by atoms with Gasteiger partial charge in [-0.1, -0.05) is 43.9 Å². The van der Waals surface area contributed by atoms with Crippen molar-refractivity contribution in [2.24, 2.45) is 0 Å². The van der Waals surface area contributed by atoms with E-state index >= 15 is 0 Å². The zero-order valence-electron chi connectivity index (χ0n) is 20.1. The Labute approximate surface area is 199 Å². The van der Waals surface area contributed by atoms with Gasteiger partial charge in [0, 0.05) is 25.2 Å². The largest absolute Gasteiger partial charge is 0.508 e. The molecule has 2 aromatic carbocycles. The van der Waals surface area contributed by atoms with Gasteiger partial charge in [-0.25, -0.2) is 0 Å². The minimum atomic E-state index is 0.392. The van der Waals surface area contributed by atoms with Crippen LogP contribution in [0.25, 0.3) is 0 Å². The molecule has 4 nitrogen and oxygen atoms in total. The molecular weight excluding hydrogens is 408 g/mol. The van der Waals surface area contributed by atoms with Gasteiger partial charge in [0.05, 0.1) is 0 Å². The summed E-state index contributed by atoms with van der Waals surface area (Å²) in [5, 5.41) is 10.0. The molecule has 1 unspecified atom stereocenters. The third kappa shape index (κ3) is 5.73. The van der Waals surface area contributed by atoms with Crippen molar-refractivity contribution in [3.05, 3.63) is 59.2 Å². The highest BCUT2D eigenvalue weighted by atomic mass is 16.5. The Morgan fingerprint density at radius 2 is 1.61 bits per heavy atom. The van der Waals surface area contributed by atoms with Crippen LogP contribution in [0.5, 0.6) is 11.5 Å². The van der Waals surface area contributed by atoms with Crippen LogP contribution in [-0.2, 0) is 12.8 Å². The lowest BCUT2D eigenvalue weighted by Gasteiger charge is -2.44. The van der Waals surface area contributed by atoms with Gasteiger partial charge >= 0.3 is 0 Å². The number of benzene rings is 2. The summed E-state index contributed by atoms with van der Waals surface area (Å²) in [5.74, 6) is 1.37. The van der Waals surface area contributed by atoms with Crippen molar-refractivity contribution in [3.63, 3.8) is 0 Å². The van der Waals surface area contributed by atoms with Crippen molar-refractivity contribution in [1.82, 2.24) is 9.80 Å². The van der Waals surface area contributed by atoms with Gasteiger partial charge in [0.2, 0.25) is 0 Å². The maximum absolute atomic E-state index is 10.0. The molecule has 1 aliphatic carbocycles. The van der Waals surface area contributed by atoms with Crippen LogP contribution in [0, 0.1) is 0 Å². The molecule has 1 atom stereocenters. The van der Waals surface area contributed by atoms with Crippen LogP contribution in [0.15, 0.2) is 42.5 Å². The van der Waals surface area contributed by atoms with Crippen LogP contribution in [-0.4, -0.2) is 53.7 Å². The third-order valence-electron chi connectivity index (χ3n) is 8.05. The molecule has 2 fully saturated rings. The summed E-state index contributed by atoms with van der Waals surface area (Å²) in [4.78, 5) is 5.30. The van der Waals surface area contributed by atoms with Gasteiger partial charge in [-0.2, -0.15) is 0 Å². The highest BCUT2D eigenvalue weighted by Gasteiger charge is 2.33. The number of fused-ring (bicyclic) bond motifs is 1. The summed E-state index contributed by atoms with van der Waals surface area (Å²) >= 11 is 0. The van der Waals surface area contributed by atoms with E-state index in [1.54, 1.807) is 0 Å². The van der Waals surface area contributed by atoms with Crippen molar-refractivity contribution < 1.29 is 9.84 Å². The van der Waals surface area contributed by atoms with E-state index in [1.165, 1.54) is 81.1 Å². The van der Waals surface area contributed by atoms with Crippen LogP contribution >= 0.6 is 0 Å². The predicted octanol–water partition coefficient (Wildman–Crippen LogP) is 5.73. The second-order valence-corrected chi connectivity index (χ2v) is 10.3. The molecule has 5 rings (SSSR count). The first-order valence-electron chi connectivity index (χ1n) is 13.3. The minimum absolute atomic E-state index is 0.392. The summed E-state index contributed by atoms with van der Waals surface area (Å²) in [6, 6.07) is 15.9. The molecule has 0 aromatic heterocycles. The van der Waals surface area contributed by atoms with E-state index in [1.807, 2.05) is 12.1 Å². The average Bonchev–Trinajstić information content (AvgIpc) is 2.86. The van der Waals surface area contributed by atoms with Crippen LogP contribution in [0.3, 0.4) is 0 Å². The predicted molar refractivity (Wildman–Crippen MR) is 134 cm³/mol. The van der Waals surface area contributed by atoms with Gasteiger partial charge in [0.25, 0.3) is 0 Å². The molecule has 4 heteroatoms. The summed E-state index contributed by atoms with van der Waals surface area (Å²) in [6.45, 7) is 5.35. The lowest BCUT2D eigenvalue weighted by atomic mass is 9.84. The molecule has 1 saturated heterocycles. The van der Waals surface area contributed by atoms with Crippen LogP contribution in [0.2, 0.25) is 0 Å². The molecular formula is C29H40N2O2. The van der Waals surface area contributed by atoms with Gasteiger partial charge in [-0.05, 0) is 92.6 Å². The number of ether oxygens (including phenoxy) is 1. The van der Waals surface area contributed by atoms with Crippen molar-refractivity contribution >= 4 is 0 Å². The molecule has 0 spiro atoms. The van der Waals surface area contributed by atoms with Crippen LogP contribution in [0.1, 0.15) is 74.1 Å². The molecule has 2 aliphatic heterocycles. The smallest absolute Gasteiger partial charge is 0.119 e. The molecule has 33 heavy (non-hydrogen) atoms. The molecule has 3 aliphatic rings. The molecule has 1 N–H and O–H groups in total. The molecule has 0 amide bonds. The Bertz CT molecular complexity index is 885. The Hall–Kier alpha value is -2.04. The van der Waals surface area contributed by atoms with Gasteiger partial charge in [0.15, 0.2) is 0 Å². The van der Waals surface area contributed by atoms with Crippen molar-refractivity contribution in [2.45, 2.75) is 76.3 Å². The van der Waals surface area contributed by atoms with Crippen molar-refractivity contribution in [3.8, 4) is 11.5 Å². The second kappa shape index (κ2) is 10.9. The summed E-state index contributed by atoms with van der Waals surface area (Å²) in [5.41, 5.74) is 4.10. The zero-order valence-corrected chi connectivity index (χ0v) is 20.1. The summed E-state index contributed by atoms with van der Waals surface area (Å²) < 4.78 is 6.06. The van der Waals surface area contributed by atoms with E-state index in [4.69, 9.17) is 4.74 Å². The number of phenols is 1. The first-order chi connectivity index (χ1) is 16.3. The molecule has 1 saturated carbocycles. The topological polar surface area (TPSA) is 35.9 Å². The molecule has 0 bridgehead atoms. The highest BCUT2D eigenvalue weighted by Crippen LogP contribution is 2.38. The first-order valence-corrected chi connectivity index (χ1v) is 13.3. The van der Waals surface area contributed by atoms with Gasteiger partial charge in [0.1, 0.15) is 18.1 Å². The van der Waals surface area contributed by atoms with Crippen LogP contribution < -0.4 is 4.74 Å². The Morgan fingerprint density at radius 3 is 2.39 bits per heavy atom. The maximum atomic E-state index is 10.0. The number of phenolic OH excluding ortho intramolecular Hbond substituents is 1. The fraction of sp³-hybridized carbons (Fsp3) is 0.586. The lowest BCUT2D eigenvalue weighted by molar-refractivity contribution is 0.0945. The van der Waals surface area contributed by atoms with Gasteiger partial charge in [-0.15, -0.1) is 0 Å². The van der Waals surface area contributed by atoms with Crippen LogP contribution in [0.4, 0.5) is 0 Å². The quantitative estimate of drug-likeness (QED) is 0.587. The Balaban J connectivity index is 1.25. The number of rotatable bonds is 7. The number of aromatic hydroxyl groups is 1. The molecule has 2 aromatic rings. The van der Waals surface area contributed by atoms with E-state index < -0.39 is 0 Å². The molecule has 0 radical (unpaired) electrons. The fourth-order valence-corrected chi connectivity index (χ4v) is 6.22. The first kappa shape index (κ1) is 22.7. The zero-order chi connectivity index (χ0) is 22.5. The van der Waals surface area contributed by atoms with Crippen molar-refractivity contribution in [1.29, 1.82) is 0 Å².